The average molecular weight is 538 g/mol. The van der Waals surface area contributed by atoms with E-state index in [1.54, 1.807) is 24.3 Å². The molecule has 1 aliphatic heterocycles. The van der Waals surface area contributed by atoms with Crippen molar-refractivity contribution in [2.45, 2.75) is 26.3 Å². The lowest BCUT2D eigenvalue weighted by Gasteiger charge is -2.25. The van der Waals surface area contributed by atoms with Gasteiger partial charge in [-0.15, -0.1) is 0 Å². The summed E-state index contributed by atoms with van der Waals surface area (Å²) in [6.07, 6.45) is 4.75. The number of aromatic nitrogens is 4. The van der Waals surface area contributed by atoms with Gasteiger partial charge in [-0.25, -0.2) is 19.3 Å². The first-order valence-electron chi connectivity index (χ1n) is 13.3. The summed E-state index contributed by atoms with van der Waals surface area (Å²) in [4.78, 5) is 27.0. The fourth-order valence-corrected chi connectivity index (χ4v) is 4.95. The number of hydrogen-bond donors (Lipinski definition) is 1. The van der Waals surface area contributed by atoms with Gasteiger partial charge in [0.2, 0.25) is 11.8 Å². The predicted molar refractivity (Wildman–Crippen MR) is 150 cm³/mol. The third-order valence-electron chi connectivity index (χ3n) is 7.01. The fourth-order valence-electron chi connectivity index (χ4n) is 4.95. The second-order valence-electron chi connectivity index (χ2n) is 9.91. The van der Waals surface area contributed by atoms with Crippen molar-refractivity contribution in [1.29, 1.82) is 0 Å². The van der Waals surface area contributed by atoms with E-state index in [1.807, 2.05) is 41.8 Å². The minimum Gasteiger partial charge on any atom is -0.456 e. The number of fused-ring (bicyclic) bond motifs is 1. The van der Waals surface area contributed by atoms with E-state index in [2.05, 4.69) is 15.3 Å². The zero-order chi connectivity index (χ0) is 27.5. The summed E-state index contributed by atoms with van der Waals surface area (Å²) in [5, 5.41) is 3.94. The van der Waals surface area contributed by atoms with Crippen LogP contribution in [-0.4, -0.2) is 32.6 Å². The second kappa shape index (κ2) is 11.2. The Morgan fingerprint density at radius 1 is 0.975 bits per heavy atom. The lowest BCUT2D eigenvalue weighted by molar-refractivity contribution is 0.334. The highest BCUT2D eigenvalue weighted by atomic mass is 19.1. The Hall–Kier alpha value is -4.63. The maximum absolute atomic E-state index is 13.9. The van der Waals surface area contributed by atoms with Gasteiger partial charge in [0.15, 0.2) is 0 Å². The Morgan fingerprint density at radius 3 is 2.50 bits per heavy atom. The number of aryl methyl sites for hydroxylation is 1. The van der Waals surface area contributed by atoms with Gasteiger partial charge in [-0.1, -0.05) is 24.3 Å². The quantitative estimate of drug-likeness (QED) is 0.277. The molecule has 0 unspecified atom stereocenters. The summed E-state index contributed by atoms with van der Waals surface area (Å²) in [6.45, 7) is 4.52. The van der Waals surface area contributed by atoms with Gasteiger partial charge in [0.25, 0.3) is 5.56 Å². The third kappa shape index (κ3) is 5.55. The summed E-state index contributed by atoms with van der Waals surface area (Å²) < 4.78 is 26.5. The van der Waals surface area contributed by atoms with Crippen molar-refractivity contribution >= 4 is 10.9 Å². The number of halogens is 1. The summed E-state index contributed by atoms with van der Waals surface area (Å²) in [7, 11) is 0. The molecule has 0 radical (unpaired) electrons. The molecule has 3 aromatic heterocycles. The number of nitrogens with one attached hydrogen (secondary N) is 1. The molecule has 5 aromatic rings. The van der Waals surface area contributed by atoms with E-state index in [0.717, 1.165) is 43.3 Å². The van der Waals surface area contributed by atoms with Crippen molar-refractivity contribution in [3.8, 4) is 34.6 Å². The van der Waals surface area contributed by atoms with Crippen molar-refractivity contribution < 1.29 is 13.9 Å². The molecule has 0 bridgehead atoms. The Balaban J connectivity index is 1.30. The van der Waals surface area contributed by atoms with E-state index in [0.29, 0.717) is 40.7 Å². The molecule has 6 rings (SSSR count). The van der Waals surface area contributed by atoms with Gasteiger partial charge in [-0.2, -0.15) is 0 Å². The molecule has 0 saturated carbocycles. The highest BCUT2D eigenvalue weighted by Crippen LogP contribution is 2.28. The van der Waals surface area contributed by atoms with Crippen LogP contribution in [0, 0.1) is 18.7 Å². The molecule has 1 fully saturated rings. The van der Waals surface area contributed by atoms with Crippen LogP contribution in [0.4, 0.5) is 4.39 Å². The Morgan fingerprint density at radius 2 is 1.77 bits per heavy atom. The maximum Gasteiger partial charge on any atom is 0.261 e. The van der Waals surface area contributed by atoms with Crippen LogP contribution < -0.4 is 20.3 Å². The largest absolute Gasteiger partial charge is 0.456 e. The molecule has 0 aliphatic carbocycles. The number of ether oxygens (including phenoxy) is 2. The van der Waals surface area contributed by atoms with Crippen LogP contribution in [0.25, 0.3) is 22.3 Å². The van der Waals surface area contributed by atoms with Gasteiger partial charge in [0.05, 0.1) is 23.3 Å². The Labute approximate surface area is 230 Å². The van der Waals surface area contributed by atoms with E-state index < -0.39 is 5.82 Å². The van der Waals surface area contributed by atoms with Gasteiger partial charge in [0, 0.05) is 24.2 Å². The van der Waals surface area contributed by atoms with Gasteiger partial charge < -0.3 is 14.8 Å². The van der Waals surface area contributed by atoms with Gasteiger partial charge in [-0.05, 0) is 74.7 Å². The third-order valence-corrected chi connectivity index (χ3v) is 7.01. The maximum atomic E-state index is 13.9. The average Bonchev–Trinajstić information content (AvgIpc) is 2.98. The summed E-state index contributed by atoms with van der Waals surface area (Å²) in [6, 6.07) is 19.4. The zero-order valence-electron chi connectivity index (χ0n) is 22.0. The van der Waals surface area contributed by atoms with Crippen LogP contribution in [-0.2, 0) is 6.54 Å². The molecule has 1 N–H and O–H groups in total. The first-order valence-corrected chi connectivity index (χ1v) is 13.3. The molecule has 40 heavy (non-hydrogen) atoms. The molecule has 9 heteroatoms. The summed E-state index contributed by atoms with van der Waals surface area (Å²) >= 11 is 0. The topological polar surface area (TPSA) is 91.2 Å². The molecule has 1 saturated heterocycles. The minimum absolute atomic E-state index is 0.0899. The van der Waals surface area contributed by atoms with E-state index in [4.69, 9.17) is 14.5 Å². The van der Waals surface area contributed by atoms with Crippen LogP contribution in [0.2, 0.25) is 0 Å². The smallest absolute Gasteiger partial charge is 0.261 e. The lowest BCUT2D eigenvalue weighted by Crippen LogP contribution is -2.35. The first kappa shape index (κ1) is 25.6. The fraction of sp³-hybridized carbons (Fsp3) is 0.226. The zero-order valence-corrected chi connectivity index (χ0v) is 22.0. The molecule has 0 amide bonds. The van der Waals surface area contributed by atoms with Crippen molar-refractivity contribution in [2.75, 3.05) is 13.1 Å². The number of pyridine rings is 2. The van der Waals surface area contributed by atoms with Crippen LogP contribution >= 0.6 is 0 Å². The van der Waals surface area contributed by atoms with Crippen LogP contribution in [0.3, 0.4) is 0 Å². The highest BCUT2D eigenvalue weighted by Gasteiger charge is 2.20. The van der Waals surface area contributed by atoms with Gasteiger partial charge >= 0.3 is 0 Å². The molecule has 1 aliphatic rings. The van der Waals surface area contributed by atoms with Crippen LogP contribution in [0.5, 0.6) is 23.3 Å². The van der Waals surface area contributed by atoms with Crippen LogP contribution in [0.15, 0.2) is 83.9 Å². The molecule has 202 valence electrons. The van der Waals surface area contributed by atoms with Crippen molar-refractivity contribution in [3.63, 3.8) is 0 Å². The van der Waals surface area contributed by atoms with Crippen molar-refractivity contribution in [3.05, 3.63) is 101 Å². The molecular weight excluding hydrogens is 509 g/mol. The molecule has 0 spiro atoms. The number of benzene rings is 2. The van der Waals surface area contributed by atoms with E-state index >= 15 is 0 Å². The van der Waals surface area contributed by atoms with Gasteiger partial charge in [-0.3, -0.25) is 9.36 Å². The van der Waals surface area contributed by atoms with E-state index in [1.165, 1.54) is 18.3 Å². The lowest BCUT2D eigenvalue weighted by atomic mass is 9.99. The second-order valence-corrected chi connectivity index (χ2v) is 9.91. The minimum atomic E-state index is -0.446. The molecule has 4 heterocycles. The van der Waals surface area contributed by atoms with Crippen LogP contribution in [0.1, 0.15) is 18.4 Å². The monoisotopic (exact) mass is 537 g/mol. The number of rotatable bonds is 7. The summed E-state index contributed by atoms with van der Waals surface area (Å²) in [5.41, 5.74) is 2.55. The van der Waals surface area contributed by atoms with Crippen molar-refractivity contribution in [1.82, 2.24) is 24.8 Å². The molecule has 8 nitrogen and oxygen atoms in total. The number of hydrogen-bond acceptors (Lipinski definition) is 7. The highest BCUT2D eigenvalue weighted by molar-refractivity contribution is 5.81. The molecule has 1 atom stereocenters. The predicted octanol–water partition coefficient (Wildman–Crippen LogP) is 5.89. The Bertz CT molecular complexity index is 1700. The van der Waals surface area contributed by atoms with Gasteiger partial charge in [0.1, 0.15) is 23.1 Å². The van der Waals surface area contributed by atoms with E-state index in [-0.39, 0.29) is 17.3 Å². The Kier molecular flexibility index (Phi) is 7.20. The molecule has 2 aromatic carbocycles. The number of piperidine rings is 1. The van der Waals surface area contributed by atoms with Crippen molar-refractivity contribution in [2.24, 2.45) is 5.92 Å². The molecular formula is C31H28FN5O3. The SMILES string of the molecule is Cc1ccccc1-c1nc2ccc(Oc3ccc(Oc4ccc(F)cn4)nc3)cc2c(=O)n1C[C@H]1CCCNC1. The normalized spacial score (nSPS) is 15.2. The standard InChI is InChI=1S/C31H28FN5O3/c1-20-5-2-3-7-25(20)30-36-27-11-9-23(15-26(27)31(38)37(30)19-21-6-4-14-33-16-21)39-24-10-13-29(35-18-24)40-28-12-8-22(32)17-34-28/h2-3,5,7-13,15,17-18,21,33H,4,6,14,16,19H2,1H3/t21-/m0/s1. The number of nitrogens with zero attached hydrogens (tertiary/aromatic N) is 4. The first-order chi connectivity index (χ1) is 19.5. The summed E-state index contributed by atoms with van der Waals surface area (Å²) in [5.74, 6) is 2.08. The van der Waals surface area contributed by atoms with E-state index in [9.17, 15) is 9.18 Å².